The van der Waals surface area contributed by atoms with E-state index in [0.29, 0.717) is 12.0 Å². The smallest absolute Gasteiger partial charge is 0.309 e. The molecular formula is C19H22FN3O4S. The number of hydrogen-bond acceptors (Lipinski definition) is 5. The lowest BCUT2D eigenvalue weighted by Gasteiger charge is -2.19. The van der Waals surface area contributed by atoms with Crippen LogP contribution in [0, 0.1) is 5.82 Å². The van der Waals surface area contributed by atoms with Crippen LogP contribution in [-0.2, 0) is 19.4 Å². The summed E-state index contributed by atoms with van der Waals surface area (Å²) in [5.41, 5.74) is 0.342. The van der Waals surface area contributed by atoms with Gasteiger partial charge in [-0.1, -0.05) is 13.0 Å². The topological polar surface area (TPSA) is 105 Å². The zero-order chi connectivity index (χ0) is 20.7. The molecule has 2 N–H and O–H groups in total. The highest BCUT2D eigenvalue weighted by molar-refractivity contribution is 7.91. The molecule has 2 aromatic rings. The van der Waals surface area contributed by atoms with Gasteiger partial charge in [0.15, 0.2) is 9.84 Å². The fourth-order valence-electron chi connectivity index (χ4n) is 2.42. The van der Waals surface area contributed by atoms with Crippen LogP contribution in [0.2, 0.25) is 0 Å². The van der Waals surface area contributed by atoms with E-state index < -0.39 is 32.7 Å². The second-order valence-electron chi connectivity index (χ2n) is 6.27. The lowest BCUT2D eigenvalue weighted by Crippen LogP contribution is -2.45. The number of hydrogen-bond donors (Lipinski definition) is 2. The van der Waals surface area contributed by atoms with E-state index in [1.54, 1.807) is 19.1 Å². The third-order valence-corrected chi connectivity index (χ3v) is 6.33. The van der Waals surface area contributed by atoms with Crippen LogP contribution in [0.1, 0.15) is 31.1 Å². The second-order valence-corrected chi connectivity index (χ2v) is 8.40. The minimum absolute atomic E-state index is 0.0962. The van der Waals surface area contributed by atoms with Gasteiger partial charge in [0.25, 0.3) is 0 Å². The third kappa shape index (κ3) is 5.35. The lowest BCUT2D eigenvalue weighted by atomic mass is 10.2. The van der Waals surface area contributed by atoms with Gasteiger partial charge < -0.3 is 10.6 Å². The number of carbonyl (C=O) groups excluding carboxylic acids is 2. The van der Waals surface area contributed by atoms with E-state index in [1.165, 1.54) is 12.4 Å². The Kier molecular flexibility index (Phi) is 7.22. The SMILES string of the molecule is CC[C@@H](C)NC(=O)C(=O)NC[C@H](c1cccnc1)S(=O)(=O)c1ccc(F)cc1. The Labute approximate surface area is 163 Å². The Morgan fingerprint density at radius 3 is 2.39 bits per heavy atom. The van der Waals surface area contributed by atoms with Crippen LogP contribution < -0.4 is 10.6 Å². The number of nitrogens with zero attached hydrogens (tertiary/aromatic N) is 1. The average Bonchev–Trinajstić information content (AvgIpc) is 2.68. The number of sulfone groups is 1. The van der Waals surface area contributed by atoms with Crippen molar-refractivity contribution >= 4 is 21.7 Å². The van der Waals surface area contributed by atoms with Gasteiger partial charge in [0, 0.05) is 25.0 Å². The molecule has 0 unspecified atom stereocenters. The zero-order valence-electron chi connectivity index (χ0n) is 15.6. The van der Waals surface area contributed by atoms with Crippen molar-refractivity contribution in [2.24, 2.45) is 0 Å². The van der Waals surface area contributed by atoms with Crippen molar-refractivity contribution in [2.75, 3.05) is 6.54 Å². The molecule has 1 aromatic heterocycles. The van der Waals surface area contributed by atoms with E-state index >= 15 is 0 Å². The summed E-state index contributed by atoms with van der Waals surface area (Å²) < 4.78 is 39.3. The van der Waals surface area contributed by atoms with E-state index in [9.17, 15) is 22.4 Å². The first-order valence-electron chi connectivity index (χ1n) is 8.73. The number of benzene rings is 1. The molecule has 2 rings (SSSR count). The van der Waals surface area contributed by atoms with E-state index in [-0.39, 0.29) is 17.5 Å². The number of nitrogens with one attached hydrogen (secondary N) is 2. The Balaban J connectivity index is 2.25. The van der Waals surface area contributed by atoms with Crippen molar-refractivity contribution in [1.82, 2.24) is 15.6 Å². The van der Waals surface area contributed by atoms with Gasteiger partial charge in [-0.25, -0.2) is 12.8 Å². The maximum Gasteiger partial charge on any atom is 0.309 e. The average molecular weight is 407 g/mol. The minimum atomic E-state index is -3.97. The molecule has 0 aliphatic rings. The van der Waals surface area contributed by atoms with E-state index in [0.717, 1.165) is 24.3 Å². The van der Waals surface area contributed by atoms with Crippen LogP contribution in [0.15, 0.2) is 53.7 Å². The maximum atomic E-state index is 13.2. The number of halogens is 1. The molecule has 1 heterocycles. The molecule has 0 saturated carbocycles. The summed E-state index contributed by atoms with van der Waals surface area (Å²) in [6.07, 6.45) is 3.51. The quantitative estimate of drug-likeness (QED) is 0.538. The molecule has 150 valence electrons. The standard InChI is InChI=1S/C19H22FN3O4S/c1-3-13(2)23-19(25)18(24)22-12-17(14-5-4-10-21-11-14)28(26,27)16-8-6-15(20)7-9-16/h4-11,13,17H,3,12H2,1-2H3,(H,22,24)(H,23,25)/t13-,17-/m1/s1. The third-order valence-electron chi connectivity index (χ3n) is 4.22. The predicted octanol–water partition coefficient (Wildman–Crippen LogP) is 1.77. The fourth-order valence-corrected chi connectivity index (χ4v) is 4.06. The zero-order valence-corrected chi connectivity index (χ0v) is 16.4. The van der Waals surface area contributed by atoms with Gasteiger partial charge in [0.2, 0.25) is 0 Å². The van der Waals surface area contributed by atoms with E-state index in [4.69, 9.17) is 0 Å². The van der Waals surface area contributed by atoms with Gasteiger partial charge in [-0.3, -0.25) is 14.6 Å². The highest BCUT2D eigenvalue weighted by Crippen LogP contribution is 2.28. The van der Waals surface area contributed by atoms with Gasteiger partial charge in [-0.05, 0) is 49.2 Å². The van der Waals surface area contributed by atoms with Crippen LogP contribution in [0.25, 0.3) is 0 Å². The monoisotopic (exact) mass is 407 g/mol. The molecule has 0 aliphatic heterocycles. The summed E-state index contributed by atoms with van der Waals surface area (Å²) in [5, 5.41) is 3.69. The van der Waals surface area contributed by atoms with Crippen LogP contribution in [0.4, 0.5) is 4.39 Å². The summed E-state index contributed by atoms with van der Waals surface area (Å²) >= 11 is 0. The first-order valence-corrected chi connectivity index (χ1v) is 10.3. The minimum Gasteiger partial charge on any atom is -0.346 e. The molecule has 0 fully saturated rings. The van der Waals surface area contributed by atoms with Gasteiger partial charge in [0.05, 0.1) is 4.90 Å². The first kappa shape index (κ1) is 21.5. The highest BCUT2D eigenvalue weighted by Gasteiger charge is 2.30. The number of pyridine rings is 1. The molecule has 0 radical (unpaired) electrons. The molecule has 0 bridgehead atoms. The van der Waals surface area contributed by atoms with E-state index in [1.807, 2.05) is 6.92 Å². The van der Waals surface area contributed by atoms with Gasteiger partial charge in [-0.2, -0.15) is 0 Å². The lowest BCUT2D eigenvalue weighted by molar-refractivity contribution is -0.139. The summed E-state index contributed by atoms with van der Waals surface area (Å²) in [6.45, 7) is 3.28. The Hall–Kier alpha value is -2.81. The van der Waals surface area contributed by atoms with Crippen LogP contribution in [-0.4, -0.2) is 37.8 Å². The number of aromatic nitrogens is 1. The maximum absolute atomic E-state index is 13.2. The molecule has 0 spiro atoms. The van der Waals surface area contributed by atoms with Crippen LogP contribution >= 0.6 is 0 Å². The van der Waals surface area contributed by atoms with Crippen molar-refractivity contribution in [3.8, 4) is 0 Å². The summed E-state index contributed by atoms with van der Waals surface area (Å²) in [4.78, 5) is 27.8. The van der Waals surface area contributed by atoms with Gasteiger partial charge in [0.1, 0.15) is 11.1 Å². The van der Waals surface area contributed by atoms with Crippen molar-refractivity contribution < 1.29 is 22.4 Å². The highest BCUT2D eigenvalue weighted by atomic mass is 32.2. The van der Waals surface area contributed by atoms with Crippen LogP contribution in [0.5, 0.6) is 0 Å². The Bertz CT molecular complexity index is 918. The molecule has 9 heteroatoms. The second kappa shape index (κ2) is 9.41. The summed E-state index contributed by atoms with van der Waals surface area (Å²) in [5.74, 6) is -2.33. The van der Waals surface area contributed by atoms with Crippen molar-refractivity contribution in [1.29, 1.82) is 0 Å². The fraction of sp³-hybridized carbons (Fsp3) is 0.316. The first-order chi connectivity index (χ1) is 13.3. The summed E-state index contributed by atoms with van der Waals surface area (Å²) in [7, 11) is -3.97. The normalized spacial score (nSPS) is 13.4. The van der Waals surface area contributed by atoms with Crippen molar-refractivity contribution in [3.05, 3.63) is 60.2 Å². The molecule has 1 aromatic carbocycles. The number of amides is 2. The molecule has 2 atom stereocenters. The molecule has 2 amide bonds. The molecule has 28 heavy (non-hydrogen) atoms. The van der Waals surface area contributed by atoms with Crippen LogP contribution in [0.3, 0.4) is 0 Å². The summed E-state index contributed by atoms with van der Waals surface area (Å²) in [6, 6.07) is 7.35. The van der Waals surface area contributed by atoms with Gasteiger partial charge in [-0.15, -0.1) is 0 Å². The molecule has 0 aliphatic carbocycles. The number of rotatable bonds is 7. The Morgan fingerprint density at radius 1 is 1.14 bits per heavy atom. The molecule has 7 nitrogen and oxygen atoms in total. The van der Waals surface area contributed by atoms with Crippen molar-refractivity contribution in [3.63, 3.8) is 0 Å². The Morgan fingerprint density at radius 2 is 1.82 bits per heavy atom. The molecular weight excluding hydrogens is 385 g/mol. The largest absolute Gasteiger partial charge is 0.346 e. The molecule has 0 saturated heterocycles. The number of carbonyl (C=O) groups is 2. The van der Waals surface area contributed by atoms with Crippen molar-refractivity contribution in [2.45, 2.75) is 36.5 Å². The predicted molar refractivity (Wildman–Crippen MR) is 101 cm³/mol. The van der Waals surface area contributed by atoms with Gasteiger partial charge >= 0.3 is 11.8 Å². The van der Waals surface area contributed by atoms with E-state index in [2.05, 4.69) is 15.6 Å².